The molecule has 0 amide bonds. The fourth-order valence-corrected chi connectivity index (χ4v) is 8.77. The van der Waals surface area contributed by atoms with Crippen LogP contribution >= 0.6 is 0 Å². The van der Waals surface area contributed by atoms with Crippen LogP contribution < -0.4 is 20.7 Å². The second kappa shape index (κ2) is 10.0. The van der Waals surface area contributed by atoms with Gasteiger partial charge in [0.1, 0.15) is 11.5 Å². The molecule has 0 saturated heterocycles. The third-order valence-electron chi connectivity index (χ3n) is 10.8. The smallest absolute Gasteiger partial charge is 0.132 e. The van der Waals surface area contributed by atoms with Crippen molar-refractivity contribution in [2.45, 2.75) is 37.5 Å². The zero-order valence-corrected chi connectivity index (χ0v) is 27.0. The minimum absolute atomic E-state index is 0.111. The molecule has 0 bridgehead atoms. The highest BCUT2D eigenvalue weighted by Crippen LogP contribution is 2.60. The first-order valence-corrected chi connectivity index (χ1v) is 16.5. The predicted molar refractivity (Wildman–Crippen MR) is 193 cm³/mol. The third-order valence-corrected chi connectivity index (χ3v) is 10.8. The van der Waals surface area contributed by atoms with Gasteiger partial charge in [-0.05, 0) is 83.1 Å². The zero-order valence-electron chi connectivity index (χ0n) is 27.0. The lowest BCUT2D eigenvalue weighted by atomic mass is 9.62. The van der Waals surface area contributed by atoms with Gasteiger partial charge in [0.25, 0.3) is 0 Å². The number of nitrogens with two attached hydrogens (primary N) is 1. The summed E-state index contributed by atoms with van der Waals surface area (Å²) in [5, 5.41) is 3.53. The van der Waals surface area contributed by atoms with Gasteiger partial charge in [-0.15, -0.1) is 0 Å². The second-order valence-electron chi connectivity index (χ2n) is 13.5. The number of para-hydroxylation sites is 4. The number of nitrogens with zero attached hydrogens (tertiary/aromatic N) is 1. The summed E-state index contributed by atoms with van der Waals surface area (Å²) in [5.74, 6) is 1.75. The Hall–Kier alpha value is -5.48. The number of hydrogen-bond donors (Lipinski definition) is 2. The molecule has 9 rings (SSSR count). The highest BCUT2D eigenvalue weighted by atomic mass is 16.5. The normalized spacial score (nSPS) is 15.9. The molecule has 47 heavy (non-hydrogen) atoms. The molecule has 0 radical (unpaired) electrons. The minimum Gasteiger partial charge on any atom is -0.457 e. The average Bonchev–Trinajstić information content (AvgIpc) is 3.24. The Morgan fingerprint density at radius 3 is 1.79 bits per heavy atom. The molecule has 2 aliphatic heterocycles. The SMILES string of the molecule is CNc1c(N)ccc2c1C1(c3ccc(N4c5ccccc5C(C)(C)c5ccccc54)cc3CC2)c2ccccc2Oc2ccccc21. The third kappa shape index (κ3) is 3.70. The van der Waals surface area contributed by atoms with Crippen LogP contribution in [0.3, 0.4) is 0 Å². The van der Waals surface area contributed by atoms with Crippen molar-refractivity contribution in [2.24, 2.45) is 0 Å². The predicted octanol–water partition coefficient (Wildman–Crippen LogP) is 10.0. The van der Waals surface area contributed by atoms with Crippen molar-refractivity contribution in [2.75, 3.05) is 23.0 Å². The maximum Gasteiger partial charge on any atom is 0.132 e. The molecule has 0 fully saturated rings. The molecule has 230 valence electrons. The van der Waals surface area contributed by atoms with Crippen molar-refractivity contribution in [3.63, 3.8) is 0 Å². The van der Waals surface area contributed by atoms with Crippen molar-refractivity contribution in [1.29, 1.82) is 0 Å². The van der Waals surface area contributed by atoms with Gasteiger partial charge in [0.05, 0.1) is 28.2 Å². The Morgan fingerprint density at radius 2 is 1.17 bits per heavy atom. The van der Waals surface area contributed by atoms with Crippen molar-refractivity contribution in [3.8, 4) is 11.5 Å². The van der Waals surface area contributed by atoms with Crippen molar-refractivity contribution < 1.29 is 4.74 Å². The van der Waals surface area contributed by atoms with E-state index >= 15 is 0 Å². The minimum atomic E-state index is -0.640. The summed E-state index contributed by atoms with van der Waals surface area (Å²) in [6, 6.07) is 46.2. The van der Waals surface area contributed by atoms with E-state index in [4.69, 9.17) is 10.5 Å². The Labute approximate surface area is 276 Å². The van der Waals surface area contributed by atoms with E-state index in [0.29, 0.717) is 0 Å². The van der Waals surface area contributed by atoms with E-state index in [9.17, 15) is 0 Å². The number of benzene rings is 6. The average molecular weight is 612 g/mol. The number of rotatable bonds is 2. The van der Waals surface area contributed by atoms with Gasteiger partial charge in [-0.25, -0.2) is 0 Å². The van der Waals surface area contributed by atoms with E-state index in [0.717, 1.165) is 46.8 Å². The van der Waals surface area contributed by atoms with Crippen LogP contribution in [0.5, 0.6) is 11.5 Å². The van der Waals surface area contributed by atoms with Gasteiger partial charge in [0, 0.05) is 34.8 Å². The lowest BCUT2D eigenvalue weighted by Crippen LogP contribution is -2.36. The van der Waals surface area contributed by atoms with Crippen LogP contribution in [0.25, 0.3) is 0 Å². The Bertz CT molecular complexity index is 2140. The van der Waals surface area contributed by atoms with Crippen LogP contribution in [0.15, 0.2) is 127 Å². The summed E-state index contributed by atoms with van der Waals surface area (Å²) in [7, 11) is 1.98. The zero-order chi connectivity index (χ0) is 31.9. The number of ether oxygens (including phenoxy) is 1. The van der Waals surface area contributed by atoms with Gasteiger partial charge in [0.2, 0.25) is 0 Å². The van der Waals surface area contributed by atoms with Crippen LogP contribution in [0.2, 0.25) is 0 Å². The van der Waals surface area contributed by atoms with Gasteiger partial charge < -0.3 is 20.7 Å². The van der Waals surface area contributed by atoms with E-state index in [2.05, 4.69) is 151 Å². The summed E-state index contributed by atoms with van der Waals surface area (Å²) in [5.41, 5.74) is 21.4. The Morgan fingerprint density at radius 1 is 0.617 bits per heavy atom. The molecule has 0 saturated carbocycles. The molecule has 3 N–H and O–H groups in total. The largest absolute Gasteiger partial charge is 0.457 e. The molecule has 3 aliphatic rings. The van der Waals surface area contributed by atoms with E-state index in [1.807, 2.05) is 7.05 Å². The highest BCUT2D eigenvalue weighted by Gasteiger charge is 2.50. The number of fused-ring (bicyclic) bond motifs is 10. The van der Waals surface area contributed by atoms with E-state index in [1.165, 1.54) is 50.4 Å². The first-order chi connectivity index (χ1) is 22.9. The van der Waals surface area contributed by atoms with Crippen LogP contribution in [0.1, 0.15) is 58.4 Å². The molecule has 0 atom stereocenters. The number of nitrogens with one attached hydrogen (secondary N) is 1. The molecule has 0 aromatic heterocycles. The summed E-state index contributed by atoms with van der Waals surface area (Å²) < 4.78 is 6.64. The van der Waals surface area contributed by atoms with Gasteiger partial charge in [0.15, 0.2) is 0 Å². The van der Waals surface area contributed by atoms with Crippen LogP contribution in [-0.4, -0.2) is 7.05 Å². The quantitative estimate of drug-likeness (QED) is 0.191. The van der Waals surface area contributed by atoms with Gasteiger partial charge in [-0.1, -0.05) is 98.8 Å². The molecule has 1 spiro atoms. The lowest BCUT2D eigenvalue weighted by molar-refractivity contribution is 0.434. The fourth-order valence-electron chi connectivity index (χ4n) is 8.77. The van der Waals surface area contributed by atoms with E-state index in [1.54, 1.807) is 0 Å². The van der Waals surface area contributed by atoms with Crippen LogP contribution in [0.4, 0.5) is 28.4 Å². The van der Waals surface area contributed by atoms with Crippen LogP contribution in [0, 0.1) is 0 Å². The lowest BCUT2D eigenvalue weighted by Gasteiger charge is -2.44. The molecular formula is C43H37N3O. The molecular weight excluding hydrogens is 574 g/mol. The molecule has 1 aliphatic carbocycles. The topological polar surface area (TPSA) is 50.5 Å². The molecule has 2 heterocycles. The van der Waals surface area contributed by atoms with E-state index < -0.39 is 5.41 Å². The summed E-state index contributed by atoms with van der Waals surface area (Å²) in [6.45, 7) is 4.68. The van der Waals surface area contributed by atoms with Crippen molar-refractivity contribution in [3.05, 3.63) is 172 Å². The van der Waals surface area contributed by atoms with Crippen molar-refractivity contribution in [1.82, 2.24) is 0 Å². The summed E-state index contributed by atoms with van der Waals surface area (Å²) >= 11 is 0. The molecule has 4 heteroatoms. The monoisotopic (exact) mass is 611 g/mol. The maximum absolute atomic E-state index is 6.79. The first kappa shape index (κ1) is 27.8. The van der Waals surface area contributed by atoms with Gasteiger partial charge in [-0.2, -0.15) is 0 Å². The van der Waals surface area contributed by atoms with Gasteiger partial charge in [-0.3, -0.25) is 0 Å². The highest BCUT2D eigenvalue weighted by molar-refractivity contribution is 5.87. The number of hydrogen-bond acceptors (Lipinski definition) is 4. The first-order valence-electron chi connectivity index (χ1n) is 16.5. The van der Waals surface area contributed by atoms with Gasteiger partial charge >= 0.3 is 0 Å². The summed E-state index contributed by atoms with van der Waals surface area (Å²) in [6.07, 6.45) is 1.80. The second-order valence-corrected chi connectivity index (χ2v) is 13.5. The summed E-state index contributed by atoms with van der Waals surface area (Å²) in [4.78, 5) is 2.46. The molecule has 6 aromatic carbocycles. The Balaban J connectivity index is 1.37. The Kier molecular flexibility index (Phi) is 5.92. The maximum atomic E-state index is 6.79. The molecule has 0 unspecified atom stereocenters. The van der Waals surface area contributed by atoms with E-state index in [-0.39, 0.29) is 5.41 Å². The molecule has 4 nitrogen and oxygen atoms in total. The number of nitrogen functional groups attached to an aromatic ring is 1. The van der Waals surface area contributed by atoms with Crippen molar-refractivity contribution >= 4 is 28.4 Å². The number of aryl methyl sites for hydroxylation is 2. The number of anilines is 5. The fraction of sp³-hybridized carbons (Fsp3) is 0.163. The standard InChI is InChI=1S/C43H37N3O/c1-42(2)31-12-4-8-16-36(31)46(37-17-9-5-13-32(37)42)29-23-24-30-28(26-29)21-20-27-22-25-35(44)41(45-3)40(27)43(30)33-14-6-10-18-38(33)47-39-19-11-7-15-34(39)43/h4-19,22-26,45H,20-21,44H2,1-3H3. The molecule has 6 aromatic rings. The van der Waals surface area contributed by atoms with Crippen LogP contribution in [-0.2, 0) is 23.7 Å².